The number of hydrogen-bond donors (Lipinski definition) is 0. The Morgan fingerprint density at radius 1 is 1.00 bits per heavy atom. The number of thiophene rings is 1. The van der Waals surface area contributed by atoms with Crippen LogP contribution in [0, 0.1) is 17.6 Å². The summed E-state index contributed by atoms with van der Waals surface area (Å²) >= 11 is 8.30. The molecule has 3 aromatic rings. The highest BCUT2D eigenvalue weighted by Gasteiger charge is 2.49. The second-order valence-corrected chi connectivity index (χ2v) is 12.9. The van der Waals surface area contributed by atoms with Crippen molar-refractivity contribution in [3.63, 3.8) is 0 Å². The summed E-state index contributed by atoms with van der Waals surface area (Å²) in [6.07, 6.45) is -0.636. The highest BCUT2D eigenvalue weighted by molar-refractivity contribution is 9.11. The molecule has 0 saturated carbocycles. The zero-order chi connectivity index (χ0) is 26.2. The third-order valence-corrected chi connectivity index (χ3v) is 9.76. The fourth-order valence-corrected chi connectivity index (χ4v) is 7.97. The average molecular weight is 656 g/mol. The van der Waals surface area contributed by atoms with Crippen LogP contribution >= 0.6 is 43.2 Å². The van der Waals surface area contributed by atoms with E-state index in [0.29, 0.717) is 33.6 Å². The van der Waals surface area contributed by atoms with E-state index in [0.717, 1.165) is 34.2 Å². The molecule has 0 amide bonds. The Labute approximate surface area is 234 Å². The zero-order valence-electron chi connectivity index (χ0n) is 19.7. The number of piperidine rings is 3. The molecular formula is C27H24Br2F2NO4S+. The number of carbonyl (C=O) groups excluding carboxylic acids is 2. The van der Waals surface area contributed by atoms with Gasteiger partial charge in [0.05, 0.1) is 21.8 Å². The van der Waals surface area contributed by atoms with Gasteiger partial charge in [-0.25, -0.2) is 13.6 Å². The molecule has 4 heterocycles. The minimum absolute atomic E-state index is 0.0570. The third-order valence-electron chi connectivity index (χ3n) is 7.19. The summed E-state index contributed by atoms with van der Waals surface area (Å²) in [6, 6.07) is 13.2. The molecule has 3 aliphatic rings. The number of benzene rings is 2. The first-order valence-corrected chi connectivity index (χ1v) is 14.3. The number of ether oxygens (including phenoxy) is 2. The summed E-state index contributed by atoms with van der Waals surface area (Å²) in [5.41, 5.74) is 0.747. The topological polar surface area (TPSA) is 52.6 Å². The van der Waals surface area contributed by atoms with Gasteiger partial charge in [0.1, 0.15) is 24.7 Å². The summed E-state index contributed by atoms with van der Waals surface area (Å²) in [6.45, 7) is 2.57. The Bertz CT molecular complexity index is 1280. The van der Waals surface area contributed by atoms with Gasteiger partial charge in [0.25, 0.3) is 0 Å². The lowest BCUT2D eigenvalue weighted by Crippen LogP contribution is -2.65. The molecule has 37 heavy (non-hydrogen) atoms. The molecule has 1 aromatic heterocycles. The molecule has 0 N–H and O–H groups in total. The predicted molar refractivity (Wildman–Crippen MR) is 142 cm³/mol. The zero-order valence-corrected chi connectivity index (χ0v) is 23.7. The number of Topliss-reactive ketones (excluding diaryl/α,β-unsaturated/α-hetero) is 1. The number of nitrogens with zero attached hydrogens (tertiary/aromatic N) is 1. The van der Waals surface area contributed by atoms with Gasteiger partial charge in [0.2, 0.25) is 5.78 Å². The summed E-state index contributed by atoms with van der Waals surface area (Å²) < 4.78 is 41.6. The summed E-state index contributed by atoms with van der Waals surface area (Å²) in [5, 5.41) is 0. The van der Waals surface area contributed by atoms with Gasteiger partial charge in [0.15, 0.2) is 12.2 Å². The van der Waals surface area contributed by atoms with E-state index in [-0.39, 0.29) is 11.7 Å². The fourth-order valence-electron chi connectivity index (χ4n) is 5.40. The van der Waals surface area contributed by atoms with Crippen LogP contribution in [0.3, 0.4) is 0 Å². The summed E-state index contributed by atoms with van der Waals surface area (Å²) in [5.74, 6) is -0.740. The predicted octanol–water partition coefficient (Wildman–Crippen LogP) is 7.29. The second kappa shape index (κ2) is 10.9. The van der Waals surface area contributed by atoms with Crippen molar-refractivity contribution in [2.45, 2.75) is 25.0 Å². The van der Waals surface area contributed by atoms with Crippen LogP contribution in [0.4, 0.5) is 13.6 Å². The average Bonchev–Trinajstić information content (AvgIpc) is 3.21. The van der Waals surface area contributed by atoms with Crippen molar-refractivity contribution < 1.29 is 32.3 Å². The van der Waals surface area contributed by atoms with Crippen molar-refractivity contribution in [1.82, 2.24) is 0 Å². The first kappa shape index (κ1) is 26.5. The van der Waals surface area contributed by atoms with Crippen LogP contribution in [0.15, 0.2) is 62.9 Å². The molecule has 1 atom stereocenters. The van der Waals surface area contributed by atoms with Gasteiger partial charge >= 0.3 is 6.16 Å². The van der Waals surface area contributed by atoms with Crippen LogP contribution in [-0.4, -0.2) is 48.7 Å². The van der Waals surface area contributed by atoms with Gasteiger partial charge in [-0.15, -0.1) is 11.3 Å². The van der Waals surface area contributed by atoms with Crippen LogP contribution in [-0.2, 0) is 9.47 Å². The second-order valence-electron chi connectivity index (χ2n) is 9.63. The third kappa shape index (κ3) is 5.97. The van der Waals surface area contributed by atoms with Crippen LogP contribution in [0.25, 0.3) is 0 Å². The van der Waals surface area contributed by atoms with Gasteiger partial charge in [-0.05, 0) is 62.2 Å². The molecule has 194 valence electrons. The minimum atomic E-state index is -1.03. The van der Waals surface area contributed by atoms with E-state index >= 15 is 0 Å². The highest BCUT2D eigenvalue weighted by Crippen LogP contribution is 2.38. The lowest BCUT2D eigenvalue weighted by atomic mass is 9.83. The number of hydrogen-bond acceptors (Lipinski definition) is 5. The molecule has 0 unspecified atom stereocenters. The van der Waals surface area contributed by atoms with Gasteiger partial charge in [-0.1, -0.05) is 24.3 Å². The Hall–Kier alpha value is -2.14. The fraction of sp³-hybridized carbons (Fsp3) is 0.333. The van der Waals surface area contributed by atoms with Gasteiger partial charge in [-0.3, -0.25) is 4.79 Å². The van der Waals surface area contributed by atoms with Crippen molar-refractivity contribution >= 4 is 55.1 Å². The molecule has 6 rings (SSSR count). The van der Waals surface area contributed by atoms with Gasteiger partial charge in [-0.2, -0.15) is 0 Å². The van der Waals surface area contributed by atoms with E-state index in [4.69, 9.17) is 9.47 Å². The molecule has 2 aromatic carbocycles. The molecule has 0 aliphatic carbocycles. The maximum atomic E-state index is 13.9. The standard InChI is InChI=1S/C27H24Br2F2NO4S/c28-21-13-24(29)37-26(21)22(33)14-32-9-7-16(8-10-32)23(15-32)35-27(34)36-25(17-3-1-5-19(30)11-17)18-4-2-6-20(31)12-18/h1-6,11-13,16,23,25H,7-10,14-15H2/q+1/t16?,23-,32?/m0/s1. The highest BCUT2D eigenvalue weighted by atomic mass is 79.9. The van der Waals surface area contributed by atoms with Gasteiger partial charge < -0.3 is 14.0 Å². The normalized spacial score (nSPS) is 22.7. The lowest BCUT2D eigenvalue weighted by molar-refractivity contribution is -0.938. The van der Waals surface area contributed by atoms with E-state index in [1.54, 1.807) is 12.1 Å². The summed E-state index contributed by atoms with van der Waals surface area (Å²) in [4.78, 5) is 26.8. The SMILES string of the molecule is O=C(OC(c1cccc(F)c1)c1cccc(F)c1)O[C@H]1C[N+]2(CC(=O)c3sc(Br)cc3Br)CCC1CC2. The quantitative estimate of drug-likeness (QED) is 0.152. The van der Waals surface area contributed by atoms with Crippen molar-refractivity contribution in [2.75, 3.05) is 26.2 Å². The molecule has 3 fully saturated rings. The van der Waals surface area contributed by atoms with E-state index in [1.165, 1.54) is 47.7 Å². The van der Waals surface area contributed by atoms with E-state index in [2.05, 4.69) is 31.9 Å². The first-order chi connectivity index (χ1) is 17.7. The number of quaternary nitrogens is 1. The Morgan fingerprint density at radius 3 is 2.16 bits per heavy atom. The van der Waals surface area contributed by atoms with Crippen LogP contribution in [0.2, 0.25) is 0 Å². The smallest absolute Gasteiger partial charge is 0.425 e. The molecule has 2 bridgehead atoms. The first-order valence-electron chi connectivity index (χ1n) is 11.9. The molecule has 10 heteroatoms. The van der Waals surface area contributed by atoms with Crippen LogP contribution < -0.4 is 0 Å². The molecule has 3 aliphatic heterocycles. The molecule has 0 radical (unpaired) electrons. The van der Waals surface area contributed by atoms with Crippen molar-refractivity contribution in [3.8, 4) is 0 Å². The maximum absolute atomic E-state index is 13.9. The molecular weight excluding hydrogens is 632 g/mol. The monoisotopic (exact) mass is 654 g/mol. The lowest BCUT2D eigenvalue weighted by Gasteiger charge is -2.51. The maximum Gasteiger partial charge on any atom is 0.509 e. The largest absolute Gasteiger partial charge is 0.509 e. The number of ketones is 1. The Balaban J connectivity index is 1.30. The Morgan fingerprint density at radius 2 is 1.62 bits per heavy atom. The number of fused-ring (bicyclic) bond motifs is 3. The number of carbonyl (C=O) groups is 2. The molecule has 0 spiro atoms. The number of rotatable bonds is 7. The molecule has 3 saturated heterocycles. The van der Waals surface area contributed by atoms with Crippen molar-refractivity contribution in [3.05, 3.63) is 90.5 Å². The van der Waals surface area contributed by atoms with Gasteiger partial charge in [0, 0.05) is 34.4 Å². The summed E-state index contributed by atoms with van der Waals surface area (Å²) in [7, 11) is 0. The minimum Gasteiger partial charge on any atom is -0.425 e. The van der Waals surface area contributed by atoms with Crippen molar-refractivity contribution in [1.29, 1.82) is 0 Å². The number of halogens is 4. The van der Waals surface area contributed by atoms with E-state index in [9.17, 15) is 18.4 Å². The van der Waals surface area contributed by atoms with Crippen molar-refractivity contribution in [2.24, 2.45) is 5.92 Å². The van der Waals surface area contributed by atoms with Crippen LogP contribution in [0.5, 0.6) is 0 Å². The van der Waals surface area contributed by atoms with Crippen LogP contribution in [0.1, 0.15) is 39.7 Å². The van der Waals surface area contributed by atoms with E-state index in [1.807, 2.05) is 6.07 Å². The Kier molecular flexibility index (Phi) is 7.81. The molecule has 5 nitrogen and oxygen atoms in total. The van der Waals surface area contributed by atoms with E-state index < -0.39 is 30.0 Å².